The maximum atomic E-state index is 6.24. The quantitative estimate of drug-likeness (QED) is 0.632. The molecule has 0 saturated heterocycles. The summed E-state index contributed by atoms with van der Waals surface area (Å²) in [6.07, 6.45) is 1.81. The molecule has 0 spiro atoms. The summed E-state index contributed by atoms with van der Waals surface area (Å²) in [6.45, 7) is 6.57. The van der Waals surface area contributed by atoms with Crippen LogP contribution in [0.15, 0.2) is 29.6 Å². The Morgan fingerprint density at radius 2 is 1.90 bits per heavy atom. The van der Waals surface area contributed by atoms with Gasteiger partial charge in [0.05, 0.1) is 10.7 Å². The predicted molar refractivity (Wildman–Crippen MR) is 93.9 cm³/mol. The van der Waals surface area contributed by atoms with Crippen molar-refractivity contribution in [1.29, 1.82) is 0 Å². The van der Waals surface area contributed by atoms with Gasteiger partial charge in [0.15, 0.2) is 0 Å². The zero-order chi connectivity index (χ0) is 15.5. The van der Waals surface area contributed by atoms with Gasteiger partial charge in [0, 0.05) is 28.1 Å². The monoisotopic (exact) mass is 341 g/mol. The molecule has 0 aliphatic carbocycles. The zero-order valence-corrected chi connectivity index (χ0v) is 15.0. The molecule has 0 fully saturated rings. The van der Waals surface area contributed by atoms with E-state index >= 15 is 0 Å². The summed E-state index contributed by atoms with van der Waals surface area (Å²) in [6, 6.07) is 7.99. The molecule has 1 heterocycles. The van der Waals surface area contributed by atoms with E-state index < -0.39 is 0 Å². The van der Waals surface area contributed by atoms with E-state index in [9.17, 15) is 0 Å². The van der Waals surface area contributed by atoms with Crippen LogP contribution in [0.5, 0.6) is 0 Å². The van der Waals surface area contributed by atoms with Gasteiger partial charge in [0.25, 0.3) is 0 Å². The van der Waals surface area contributed by atoms with Gasteiger partial charge in [-0.2, -0.15) is 0 Å². The molecule has 2 rings (SSSR count). The number of hydrogen-bond donors (Lipinski definition) is 0. The van der Waals surface area contributed by atoms with Gasteiger partial charge in [-0.1, -0.05) is 50.6 Å². The zero-order valence-electron chi connectivity index (χ0n) is 12.7. The van der Waals surface area contributed by atoms with Crippen molar-refractivity contribution in [3.8, 4) is 0 Å². The van der Waals surface area contributed by atoms with Gasteiger partial charge in [-0.15, -0.1) is 22.9 Å². The Labute approximate surface area is 141 Å². The molecule has 0 bridgehead atoms. The Kier molecular flexibility index (Phi) is 5.70. The number of thiazole rings is 1. The van der Waals surface area contributed by atoms with Crippen LogP contribution in [0.4, 0.5) is 0 Å². The summed E-state index contributed by atoms with van der Waals surface area (Å²) in [5.41, 5.74) is 2.43. The summed E-state index contributed by atoms with van der Waals surface area (Å²) in [5.74, 6) is 0.987. The Bertz CT molecular complexity index is 586. The van der Waals surface area contributed by atoms with Gasteiger partial charge in [-0.05, 0) is 24.0 Å². The average Bonchev–Trinajstić information content (AvgIpc) is 2.89. The molecule has 1 nitrogen and oxygen atoms in total. The van der Waals surface area contributed by atoms with Crippen LogP contribution in [0.2, 0.25) is 5.02 Å². The Morgan fingerprint density at radius 1 is 1.19 bits per heavy atom. The molecule has 1 aromatic carbocycles. The van der Waals surface area contributed by atoms with E-state index in [1.807, 2.05) is 18.2 Å². The molecule has 114 valence electrons. The molecule has 0 radical (unpaired) electrons. The number of aromatic nitrogens is 1. The number of alkyl halides is 1. The molecular weight excluding hydrogens is 321 g/mol. The fourth-order valence-electron chi connectivity index (χ4n) is 2.15. The van der Waals surface area contributed by atoms with E-state index in [1.165, 1.54) is 0 Å². The second-order valence-electron chi connectivity index (χ2n) is 6.40. The van der Waals surface area contributed by atoms with Gasteiger partial charge in [-0.25, -0.2) is 4.98 Å². The smallest absolute Gasteiger partial charge is 0.0931 e. The van der Waals surface area contributed by atoms with E-state index in [4.69, 9.17) is 28.2 Å². The van der Waals surface area contributed by atoms with E-state index in [2.05, 4.69) is 32.2 Å². The Hall–Kier alpha value is -0.570. The normalized spacial score (nSPS) is 13.4. The van der Waals surface area contributed by atoms with Crippen molar-refractivity contribution < 1.29 is 0 Å². The minimum Gasteiger partial charge on any atom is -0.246 e. The maximum Gasteiger partial charge on any atom is 0.0931 e. The topological polar surface area (TPSA) is 12.9 Å². The molecule has 0 aliphatic rings. The van der Waals surface area contributed by atoms with Crippen molar-refractivity contribution in [3.05, 3.63) is 50.9 Å². The first-order valence-corrected chi connectivity index (χ1v) is 8.93. The number of nitrogens with zero attached hydrogens (tertiary/aromatic N) is 1. The van der Waals surface area contributed by atoms with Crippen LogP contribution in [0.25, 0.3) is 0 Å². The summed E-state index contributed by atoms with van der Waals surface area (Å²) in [4.78, 5) is 4.76. The second-order valence-corrected chi connectivity index (χ2v) is 8.05. The first kappa shape index (κ1) is 16.8. The molecule has 1 aromatic heterocycles. The van der Waals surface area contributed by atoms with Gasteiger partial charge in [0.2, 0.25) is 0 Å². The van der Waals surface area contributed by atoms with E-state index in [0.29, 0.717) is 11.8 Å². The molecule has 0 saturated carbocycles. The third-order valence-corrected chi connectivity index (χ3v) is 5.14. The van der Waals surface area contributed by atoms with Crippen LogP contribution in [0.3, 0.4) is 0 Å². The van der Waals surface area contributed by atoms with Crippen molar-refractivity contribution in [1.82, 2.24) is 4.98 Å². The van der Waals surface area contributed by atoms with Crippen molar-refractivity contribution in [2.75, 3.05) is 5.88 Å². The SMILES string of the molecule is CC(C)(C)c1csc(CC(CCl)Cc2ccccc2Cl)n1. The Morgan fingerprint density at radius 3 is 2.48 bits per heavy atom. The third kappa shape index (κ3) is 4.70. The van der Waals surface area contributed by atoms with Gasteiger partial charge >= 0.3 is 0 Å². The number of rotatable bonds is 5. The molecule has 0 N–H and O–H groups in total. The van der Waals surface area contributed by atoms with Crippen LogP contribution in [0, 0.1) is 5.92 Å². The molecule has 0 amide bonds. The summed E-state index contributed by atoms with van der Waals surface area (Å²) >= 11 is 14.1. The summed E-state index contributed by atoms with van der Waals surface area (Å²) < 4.78 is 0. The third-order valence-electron chi connectivity index (χ3n) is 3.47. The standard InChI is InChI=1S/C17H21Cl2NS/c1-17(2,3)15-11-21-16(20-15)9-12(10-18)8-13-6-4-5-7-14(13)19/h4-7,11-12H,8-10H2,1-3H3. The highest BCUT2D eigenvalue weighted by Gasteiger charge is 2.19. The van der Waals surface area contributed by atoms with E-state index in [0.717, 1.165) is 34.1 Å². The van der Waals surface area contributed by atoms with Crippen LogP contribution in [-0.2, 0) is 18.3 Å². The minimum absolute atomic E-state index is 0.105. The van der Waals surface area contributed by atoms with Crippen LogP contribution in [0.1, 0.15) is 37.0 Å². The van der Waals surface area contributed by atoms with Crippen molar-refractivity contribution in [2.45, 2.75) is 39.0 Å². The molecule has 1 unspecified atom stereocenters. The minimum atomic E-state index is 0.105. The molecule has 4 heteroatoms. The summed E-state index contributed by atoms with van der Waals surface area (Å²) in [7, 11) is 0. The largest absolute Gasteiger partial charge is 0.246 e. The lowest BCUT2D eigenvalue weighted by molar-refractivity contribution is 0.556. The van der Waals surface area contributed by atoms with Crippen molar-refractivity contribution in [2.24, 2.45) is 5.92 Å². The van der Waals surface area contributed by atoms with Crippen molar-refractivity contribution >= 4 is 34.5 Å². The highest BCUT2D eigenvalue weighted by atomic mass is 35.5. The number of benzene rings is 1. The maximum absolute atomic E-state index is 6.24. The van der Waals surface area contributed by atoms with Gasteiger partial charge < -0.3 is 0 Å². The molecule has 0 aliphatic heterocycles. The highest BCUT2D eigenvalue weighted by Crippen LogP contribution is 2.27. The molecule has 2 aromatic rings. The molecule has 1 atom stereocenters. The average molecular weight is 342 g/mol. The first-order valence-electron chi connectivity index (χ1n) is 7.14. The second kappa shape index (κ2) is 7.13. The lowest BCUT2D eigenvalue weighted by atomic mass is 9.93. The lowest BCUT2D eigenvalue weighted by Crippen LogP contribution is -2.13. The van der Waals surface area contributed by atoms with Crippen LogP contribution < -0.4 is 0 Å². The van der Waals surface area contributed by atoms with E-state index in [-0.39, 0.29) is 5.41 Å². The fourth-order valence-corrected chi connectivity index (χ4v) is 3.72. The highest BCUT2D eigenvalue weighted by molar-refractivity contribution is 7.09. The Balaban J connectivity index is 2.06. The number of halogens is 2. The van der Waals surface area contributed by atoms with E-state index in [1.54, 1.807) is 11.3 Å². The fraction of sp³-hybridized carbons (Fsp3) is 0.471. The van der Waals surface area contributed by atoms with Crippen LogP contribution in [-0.4, -0.2) is 10.9 Å². The number of hydrogen-bond acceptors (Lipinski definition) is 2. The van der Waals surface area contributed by atoms with Gasteiger partial charge in [0.1, 0.15) is 0 Å². The predicted octanol–water partition coefficient (Wildman–Crippen LogP) is 5.73. The first-order chi connectivity index (χ1) is 9.90. The summed E-state index contributed by atoms with van der Waals surface area (Å²) in [5, 5.41) is 4.15. The van der Waals surface area contributed by atoms with Crippen molar-refractivity contribution in [3.63, 3.8) is 0 Å². The molecular formula is C17H21Cl2NS. The molecule has 21 heavy (non-hydrogen) atoms. The van der Waals surface area contributed by atoms with Gasteiger partial charge in [-0.3, -0.25) is 0 Å². The lowest BCUT2D eigenvalue weighted by Gasteiger charge is -2.15. The van der Waals surface area contributed by atoms with Crippen LogP contribution >= 0.6 is 34.5 Å².